The van der Waals surface area contributed by atoms with E-state index in [9.17, 15) is 9.90 Å². The first-order chi connectivity index (χ1) is 10.7. The molecule has 0 radical (unpaired) electrons. The average Bonchev–Trinajstić information content (AvgIpc) is 2.54. The van der Waals surface area contributed by atoms with Crippen molar-refractivity contribution in [2.24, 2.45) is 0 Å². The first-order valence-corrected chi connectivity index (χ1v) is 7.19. The number of rotatable bonds is 3. The molecule has 0 aliphatic rings. The Hall–Kier alpha value is -2.81. The third-order valence-corrected chi connectivity index (χ3v) is 3.59. The lowest BCUT2D eigenvalue weighted by atomic mass is 9.97. The summed E-state index contributed by atoms with van der Waals surface area (Å²) in [5.41, 5.74) is 2.07. The van der Waals surface area contributed by atoms with Gasteiger partial charge in [0.15, 0.2) is 0 Å². The summed E-state index contributed by atoms with van der Waals surface area (Å²) < 4.78 is 4.93. The number of benzene rings is 3. The molecule has 3 heteroatoms. The van der Waals surface area contributed by atoms with Crippen LogP contribution in [-0.4, -0.2) is 17.7 Å². The Morgan fingerprint density at radius 2 is 1.82 bits per heavy atom. The van der Waals surface area contributed by atoms with Gasteiger partial charge in [-0.2, -0.15) is 0 Å². The van der Waals surface area contributed by atoms with Crippen molar-refractivity contribution in [1.82, 2.24) is 0 Å². The van der Waals surface area contributed by atoms with Gasteiger partial charge in [0.05, 0.1) is 6.61 Å². The van der Waals surface area contributed by atoms with E-state index in [4.69, 9.17) is 4.74 Å². The maximum atomic E-state index is 11.7. The van der Waals surface area contributed by atoms with Crippen molar-refractivity contribution in [3.63, 3.8) is 0 Å². The number of ether oxygens (including phenoxy) is 1. The minimum absolute atomic E-state index is 0.0658. The second-order valence-corrected chi connectivity index (χ2v) is 4.98. The molecule has 0 saturated heterocycles. The molecule has 0 aromatic heterocycles. The maximum Gasteiger partial charge on any atom is 0.341 e. The molecule has 0 bridgehead atoms. The maximum absolute atomic E-state index is 11.7. The third kappa shape index (κ3) is 2.53. The second kappa shape index (κ2) is 5.90. The van der Waals surface area contributed by atoms with E-state index in [1.807, 2.05) is 48.5 Å². The Kier molecular flexibility index (Phi) is 3.79. The zero-order valence-corrected chi connectivity index (χ0v) is 12.2. The van der Waals surface area contributed by atoms with Crippen molar-refractivity contribution >= 4 is 16.7 Å². The summed E-state index contributed by atoms with van der Waals surface area (Å²) in [4.78, 5) is 11.7. The molecule has 0 aliphatic heterocycles. The van der Waals surface area contributed by atoms with Gasteiger partial charge in [-0.05, 0) is 41.0 Å². The van der Waals surface area contributed by atoms with Gasteiger partial charge in [0.2, 0.25) is 0 Å². The molecule has 1 N–H and O–H groups in total. The molecule has 0 atom stereocenters. The Morgan fingerprint density at radius 1 is 1.05 bits per heavy atom. The fourth-order valence-electron chi connectivity index (χ4n) is 2.56. The molecule has 110 valence electrons. The number of hydrogen-bond acceptors (Lipinski definition) is 3. The van der Waals surface area contributed by atoms with Crippen LogP contribution in [0.3, 0.4) is 0 Å². The van der Waals surface area contributed by atoms with E-state index in [1.54, 1.807) is 19.1 Å². The highest BCUT2D eigenvalue weighted by Gasteiger charge is 2.13. The van der Waals surface area contributed by atoms with Gasteiger partial charge in [-0.1, -0.05) is 48.5 Å². The Bertz CT molecular complexity index is 832. The predicted octanol–water partition coefficient (Wildman–Crippen LogP) is 4.39. The molecule has 3 nitrogen and oxygen atoms in total. The van der Waals surface area contributed by atoms with Crippen molar-refractivity contribution in [2.45, 2.75) is 6.92 Å². The minimum atomic E-state index is -0.510. The summed E-state index contributed by atoms with van der Waals surface area (Å²) in [6.07, 6.45) is 0. The molecule has 3 rings (SSSR count). The van der Waals surface area contributed by atoms with Crippen LogP contribution in [0.4, 0.5) is 0 Å². The molecular formula is C19H16O3. The molecule has 3 aromatic carbocycles. The van der Waals surface area contributed by atoms with Crippen molar-refractivity contribution in [1.29, 1.82) is 0 Å². The highest BCUT2D eigenvalue weighted by molar-refractivity contribution is 5.98. The van der Waals surface area contributed by atoms with Crippen LogP contribution in [0.5, 0.6) is 5.75 Å². The number of esters is 1. The number of phenols is 1. The fourth-order valence-corrected chi connectivity index (χ4v) is 2.56. The van der Waals surface area contributed by atoms with Crippen molar-refractivity contribution in [3.05, 3.63) is 66.2 Å². The predicted molar refractivity (Wildman–Crippen MR) is 87.0 cm³/mol. The monoisotopic (exact) mass is 292 g/mol. The van der Waals surface area contributed by atoms with Crippen molar-refractivity contribution in [3.8, 4) is 16.9 Å². The van der Waals surface area contributed by atoms with Crippen LogP contribution in [-0.2, 0) is 4.74 Å². The first-order valence-electron chi connectivity index (χ1n) is 7.19. The summed E-state index contributed by atoms with van der Waals surface area (Å²) >= 11 is 0. The zero-order chi connectivity index (χ0) is 15.5. The van der Waals surface area contributed by atoms with Crippen LogP contribution in [0.2, 0.25) is 0 Å². The van der Waals surface area contributed by atoms with Crippen LogP contribution >= 0.6 is 0 Å². The van der Waals surface area contributed by atoms with Crippen LogP contribution < -0.4 is 0 Å². The molecule has 3 aromatic rings. The van der Waals surface area contributed by atoms with E-state index in [2.05, 4.69) is 0 Å². The fraction of sp³-hybridized carbons (Fsp3) is 0.105. The van der Waals surface area contributed by atoms with E-state index in [-0.39, 0.29) is 17.9 Å². The summed E-state index contributed by atoms with van der Waals surface area (Å²) in [5, 5.41) is 12.4. The first kappa shape index (κ1) is 14.1. The molecule has 0 aliphatic carbocycles. The molecule has 0 heterocycles. The number of phenolic OH excluding ortho intramolecular Hbond substituents is 1. The van der Waals surface area contributed by atoms with Gasteiger partial charge < -0.3 is 9.84 Å². The van der Waals surface area contributed by atoms with E-state index < -0.39 is 5.97 Å². The lowest BCUT2D eigenvalue weighted by molar-refractivity contribution is 0.0523. The second-order valence-electron chi connectivity index (χ2n) is 4.98. The Morgan fingerprint density at radius 3 is 2.59 bits per heavy atom. The number of carbonyl (C=O) groups is 1. The lowest BCUT2D eigenvalue weighted by Crippen LogP contribution is -2.04. The van der Waals surface area contributed by atoms with E-state index >= 15 is 0 Å². The topological polar surface area (TPSA) is 46.5 Å². The van der Waals surface area contributed by atoms with Gasteiger partial charge in [-0.3, -0.25) is 0 Å². The van der Waals surface area contributed by atoms with Crippen molar-refractivity contribution < 1.29 is 14.6 Å². The summed E-state index contributed by atoms with van der Waals surface area (Å²) in [6.45, 7) is 2.02. The number of fused-ring (bicyclic) bond motifs is 1. The average molecular weight is 292 g/mol. The molecule has 0 fully saturated rings. The summed E-state index contributed by atoms with van der Waals surface area (Å²) in [7, 11) is 0. The smallest absolute Gasteiger partial charge is 0.341 e. The van der Waals surface area contributed by atoms with Gasteiger partial charge in [0.25, 0.3) is 0 Å². The van der Waals surface area contributed by atoms with E-state index in [0.717, 1.165) is 21.9 Å². The van der Waals surface area contributed by atoms with Gasteiger partial charge in [-0.15, -0.1) is 0 Å². The third-order valence-electron chi connectivity index (χ3n) is 3.59. The van der Waals surface area contributed by atoms with Crippen LogP contribution in [0.25, 0.3) is 21.9 Å². The number of carbonyl (C=O) groups excluding carboxylic acids is 1. The molecule has 22 heavy (non-hydrogen) atoms. The van der Waals surface area contributed by atoms with Gasteiger partial charge in [0.1, 0.15) is 11.3 Å². The lowest BCUT2D eigenvalue weighted by Gasteiger charge is -2.09. The molecule has 0 saturated carbocycles. The molecule has 0 unspecified atom stereocenters. The van der Waals surface area contributed by atoms with Gasteiger partial charge in [-0.25, -0.2) is 4.79 Å². The van der Waals surface area contributed by atoms with Crippen LogP contribution in [0.15, 0.2) is 60.7 Å². The van der Waals surface area contributed by atoms with Crippen LogP contribution in [0.1, 0.15) is 17.3 Å². The molecule has 0 spiro atoms. The largest absolute Gasteiger partial charge is 0.507 e. The van der Waals surface area contributed by atoms with Gasteiger partial charge in [0, 0.05) is 0 Å². The SMILES string of the molecule is CCOC(=O)c1ccc(-c2cccc3ccccc23)cc1O. The quantitative estimate of drug-likeness (QED) is 0.728. The normalized spacial score (nSPS) is 10.6. The summed E-state index contributed by atoms with van der Waals surface area (Å²) in [5.74, 6) is -0.576. The Balaban J connectivity index is 2.09. The van der Waals surface area contributed by atoms with E-state index in [1.165, 1.54) is 0 Å². The highest BCUT2D eigenvalue weighted by Crippen LogP contribution is 2.32. The highest BCUT2D eigenvalue weighted by atomic mass is 16.5. The van der Waals surface area contributed by atoms with Gasteiger partial charge >= 0.3 is 5.97 Å². The number of aromatic hydroxyl groups is 1. The Labute approximate surface area is 128 Å². The molecular weight excluding hydrogens is 276 g/mol. The summed E-state index contributed by atoms with van der Waals surface area (Å²) in [6, 6.07) is 19.1. The van der Waals surface area contributed by atoms with E-state index in [0.29, 0.717) is 0 Å². The minimum Gasteiger partial charge on any atom is -0.507 e. The zero-order valence-electron chi connectivity index (χ0n) is 12.2. The standard InChI is InChI=1S/C19H16O3/c1-2-22-19(21)17-11-10-14(12-18(17)20)16-9-5-7-13-6-3-4-8-15(13)16/h3-12,20H,2H2,1H3. The van der Waals surface area contributed by atoms with Crippen LogP contribution in [0, 0.1) is 0 Å². The number of hydrogen-bond donors (Lipinski definition) is 1. The molecule has 0 amide bonds. The van der Waals surface area contributed by atoms with Crippen molar-refractivity contribution in [2.75, 3.05) is 6.61 Å².